The van der Waals surface area contributed by atoms with E-state index in [2.05, 4.69) is 22.8 Å². The summed E-state index contributed by atoms with van der Waals surface area (Å²) in [5, 5.41) is 5.45. The Morgan fingerprint density at radius 2 is 1.48 bits per heavy atom. The number of amides is 5. The molecule has 7 rings (SSSR count). The van der Waals surface area contributed by atoms with Gasteiger partial charge in [0.05, 0.1) is 61.9 Å². The average Bonchev–Trinajstić information content (AvgIpc) is 3.74. The summed E-state index contributed by atoms with van der Waals surface area (Å²) in [6.07, 6.45) is 6.23. The molecule has 4 atom stereocenters. The maximum absolute atomic E-state index is 13.8. The lowest BCUT2D eigenvalue weighted by Crippen LogP contribution is -2.53. The van der Waals surface area contributed by atoms with Crippen LogP contribution in [0, 0.1) is 0 Å². The van der Waals surface area contributed by atoms with E-state index in [-0.39, 0.29) is 36.3 Å². The van der Waals surface area contributed by atoms with Crippen LogP contribution in [0.2, 0.25) is 0 Å². The molecule has 0 spiro atoms. The number of piperidine rings is 1. The van der Waals surface area contributed by atoms with E-state index in [1.165, 1.54) is 10.1 Å². The predicted octanol–water partition coefficient (Wildman–Crippen LogP) is 3.88. The fourth-order valence-corrected chi connectivity index (χ4v) is 9.07. The second kappa shape index (κ2) is 22.5. The van der Waals surface area contributed by atoms with Crippen molar-refractivity contribution in [1.29, 1.82) is 0 Å². The number of aromatic nitrogens is 2. The van der Waals surface area contributed by atoms with Gasteiger partial charge in [0.15, 0.2) is 0 Å². The Labute approximate surface area is 379 Å². The zero-order chi connectivity index (χ0) is 45.9. The smallest absolute Gasteiger partial charge is 0.329 e. The summed E-state index contributed by atoms with van der Waals surface area (Å²) in [6.45, 7) is 5.32. The number of nitrogens with zero attached hydrogens (tertiary/aromatic N) is 3. The molecule has 65 heavy (non-hydrogen) atoms. The Morgan fingerprint density at radius 3 is 2.18 bits per heavy atom. The van der Waals surface area contributed by atoms with E-state index in [1.54, 1.807) is 16.5 Å². The van der Waals surface area contributed by atoms with Crippen LogP contribution in [-0.2, 0) is 82.3 Å². The molecule has 4 N–H and O–H groups in total. The second-order valence-corrected chi connectivity index (χ2v) is 17.3. The van der Waals surface area contributed by atoms with Crippen molar-refractivity contribution in [2.24, 2.45) is 12.8 Å². The highest BCUT2D eigenvalue weighted by molar-refractivity contribution is 6.05. The van der Waals surface area contributed by atoms with Crippen LogP contribution >= 0.6 is 0 Å². The third-order valence-electron chi connectivity index (χ3n) is 12.6. The third-order valence-corrected chi connectivity index (χ3v) is 12.6. The van der Waals surface area contributed by atoms with Gasteiger partial charge in [0.1, 0.15) is 12.1 Å². The summed E-state index contributed by atoms with van der Waals surface area (Å²) in [5.41, 5.74) is 12.9. The molecule has 3 aromatic carbocycles. The number of benzene rings is 3. The van der Waals surface area contributed by atoms with Crippen LogP contribution < -0.4 is 27.0 Å². The number of fused-ring (bicyclic) bond motifs is 1. The van der Waals surface area contributed by atoms with Crippen molar-refractivity contribution in [3.63, 3.8) is 0 Å². The summed E-state index contributed by atoms with van der Waals surface area (Å²) < 4.78 is 26.5. The number of ether oxygens (including phenoxy) is 4. The largest absolute Gasteiger partial charge is 0.379 e. The molecule has 1 aromatic heterocycles. The third kappa shape index (κ3) is 12.0. The van der Waals surface area contributed by atoms with Crippen molar-refractivity contribution < 1.29 is 42.9 Å². The molecule has 1 fully saturated rings. The normalized spacial score (nSPS) is 18.1. The first kappa shape index (κ1) is 47.3. The van der Waals surface area contributed by atoms with E-state index in [9.17, 15) is 28.8 Å². The number of nitrogens with one attached hydrogen (secondary N) is 2. The van der Waals surface area contributed by atoms with Crippen molar-refractivity contribution in [2.45, 2.75) is 115 Å². The van der Waals surface area contributed by atoms with Crippen LogP contribution in [0.4, 0.5) is 5.69 Å². The Morgan fingerprint density at radius 1 is 0.815 bits per heavy atom. The number of para-hydroxylation sites is 1. The van der Waals surface area contributed by atoms with Gasteiger partial charge in [-0.3, -0.25) is 43.3 Å². The molecule has 348 valence electrons. The summed E-state index contributed by atoms with van der Waals surface area (Å²) in [4.78, 5) is 77.4. The van der Waals surface area contributed by atoms with E-state index in [0.717, 1.165) is 72.0 Å². The highest BCUT2D eigenvalue weighted by Crippen LogP contribution is 2.39. The topological polar surface area (TPSA) is 203 Å². The number of imidazole rings is 1. The average molecular weight is 895 g/mol. The molecule has 4 heterocycles. The molecule has 3 aliphatic rings. The molecular formula is C49H62N6O10. The van der Waals surface area contributed by atoms with Gasteiger partial charge in [-0.25, -0.2) is 4.79 Å². The highest BCUT2D eigenvalue weighted by Gasteiger charge is 2.41. The fourth-order valence-electron chi connectivity index (χ4n) is 9.07. The summed E-state index contributed by atoms with van der Waals surface area (Å²) >= 11 is 0. The number of hydrogen-bond donors (Lipinski definition) is 3. The molecule has 5 amide bonds. The number of rotatable bonds is 24. The van der Waals surface area contributed by atoms with Crippen molar-refractivity contribution in [3.8, 4) is 0 Å². The number of carbonyl (C=O) groups excluding carboxylic acids is 5. The first-order valence-electron chi connectivity index (χ1n) is 23.0. The predicted molar refractivity (Wildman–Crippen MR) is 243 cm³/mol. The van der Waals surface area contributed by atoms with E-state index >= 15 is 0 Å². The number of nitrogens with two attached hydrogens (primary N) is 1. The maximum Gasteiger partial charge on any atom is 0.329 e. The lowest BCUT2D eigenvalue weighted by Gasteiger charge is -2.29. The zero-order valence-corrected chi connectivity index (χ0v) is 37.5. The van der Waals surface area contributed by atoms with Crippen LogP contribution in [0.1, 0.15) is 92.1 Å². The van der Waals surface area contributed by atoms with Gasteiger partial charge in [-0.1, -0.05) is 48.5 Å². The number of hydrogen-bond acceptors (Lipinski definition) is 10. The van der Waals surface area contributed by atoms with Crippen LogP contribution in [0.3, 0.4) is 0 Å². The van der Waals surface area contributed by atoms with Crippen molar-refractivity contribution >= 4 is 46.3 Å². The van der Waals surface area contributed by atoms with Crippen molar-refractivity contribution in [1.82, 2.24) is 19.8 Å². The molecular weight excluding hydrogens is 833 g/mol. The molecule has 1 saturated heterocycles. The lowest BCUT2D eigenvalue weighted by molar-refractivity contribution is -0.135. The number of imide groups is 1. The van der Waals surface area contributed by atoms with Crippen molar-refractivity contribution in [3.05, 3.63) is 99.0 Å². The minimum atomic E-state index is -0.701. The second-order valence-electron chi connectivity index (χ2n) is 17.3. The van der Waals surface area contributed by atoms with E-state index in [1.807, 2.05) is 55.5 Å². The summed E-state index contributed by atoms with van der Waals surface area (Å²) in [5.74, 6) is -1.50. The van der Waals surface area contributed by atoms with E-state index in [0.29, 0.717) is 77.4 Å². The zero-order valence-electron chi connectivity index (χ0n) is 37.5. The highest BCUT2D eigenvalue weighted by atomic mass is 16.5. The van der Waals surface area contributed by atoms with Gasteiger partial charge < -0.3 is 30.0 Å². The number of primary amides is 1. The molecule has 3 aliphatic heterocycles. The van der Waals surface area contributed by atoms with Crippen LogP contribution in [0.25, 0.3) is 11.0 Å². The summed E-state index contributed by atoms with van der Waals surface area (Å²) in [7, 11) is 1.69. The quantitative estimate of drug-likeness (QED) is 0.0685. The lowest BCUT2D eigenvalue weighted by atomic mass is 10.0. The summed E-state index contributed by atoms with van der Waals surface area (Å²) in [6, 6.07) is 18.2. The first-order chi connectivity index (χ1) is 31.5. The fraction of sp³-hybridized carbons (Fsp3) is 0.510. The Kier molecular flexibility index (Phi) is 16.4. The monoisotopic (exact) mass is 894 g/mol. The molecule has 0 bridgehead atoms. The van der Waals surface area contributed by atoms with Crippen LogP contribution in [0.5, 0.6) is 0 Å². The molecule has 4 aromatic rings. The number of carbonyl (C=O) groups is 5. The van der Waals surface area contributed by atoms with Gasteiger partial charge in [0.2, 0.25) is 29.5 Å². The van der Waals surface area contributed by atoms with E-state index in [4.69, 9.17) is 24.7 Å². The minimum Gasteiger partial charge on any atom is -0.379 e. The molecule has 16 heteroatoms. The molecule has 0 radical (unpaired) electrons. The van der Waals surface area contributed by atoms with Crippen molar-refractivity contribution in [2.75, 3.05) is 44.5 Å². The Bertz CT molecular complexity index is 2390. The number of aryl methyl sites for hydroxylation is 4. The molecule has 1 unspecified atom stereocenters. The number of anilines is 1. The molecule has 0 aliphatic carbocycles. The van der Waals surface area contributed by atoms with Gasteiger partial charge in [-0.2, -0.15) is 0 Å². The van der Waals surface area contributed by atoms with Gasteiger partial charge in [-0.05, 0) is 98.2 Å². The SMILES string of the molecule is C[C@@H](OCc1ccc(CCCOCCOCCOCCCc2ccc3c(c2)n(C)c(=O)n3C2CCC(=O)NC2=O)cc1)[C@H](CCC(N)=O)NC(=O)[C@@H]1Cc2cccc3c2N1C(=O)CCC3. The van der Waals surface area contributed by atoms with E-state index < -0.39 is 36.0 Å². The van der Waals surface area contributed by atoms with Crippen LogP contribution in [-0.4, -0.2) is 96.5 Å². The van der Waals surface area contributed by atoms with Gasteiger partial charge in [0, 0.05) is 45.9 Å². The standard InChI is InChI=1S/C49H62N6O10/c1-32(38(18-21-43(50)56)51-48(60)42-30-37-11-3-9-36-10-4-12-45(58)55(42)46(36)37)65-31-35-15-13-33(14-16-35)7-5-23-62-25-27-64-28-26-63-24-6-8-34-17-19-39-41(29-34)53(2)49(61)54(39)40-20-22-44(57)52-47(40)59/h3,9,11,13-17,19,29,32,38,40,42H,4-8,10,12,18,20-28,30-31H2,1-2H3,(H2,50,56)(H,51,60)(H,52,57,59)/t32-,38+,40?,42+/m1/s1. The minimum absolute atomic E-state index is 0.0371. The van der Waals surface area contributed by atoms with Gasteiger partial charge in [0.25, 0.3) is 0 Å². The Balaban J connectivity index is 0.739. The maximum atomic E-state index is 13.8. The van der Waals surface area contributed by atoms with Gasteiger partial charge in [-0.15, -0.1) is 0 Å². The Hall–Kier alpha value is -5.68. The van der Waals surface area contributed by atoms with Crippen LogP contribution in [0.15, 0.2) is 65.5 Å². The molecule has 16 nitrogen and oxygen atoms in total. The van der Waals surface area contributed by atoms with Gasteiger partial charge >= 0.3 is 5.69 Å². The first-order valence-corrected chi connectivity index (χ1v) is 23.0. The molecule has 0 saturated carbocycles.